The highest BCUT2D eigenvalue weighted by molar-refractivity contribution is 5.58. The average Bonchev–Trinajstić information content (AvgIpc) is 2.01. The predicted molar refractivity (Wildman–Crippen MR) is 44.0 cm³/mol. The van der Waals surface area contributed by atoms with Crippen LogP contribution < -0.4 is 0 Å². The highest BCUT2D eigenvalue weighted by Crippen LogP contribution is 2.28. The van der Waals surface area contributed by atoms with Crippen LogP contribution in [-0.2, 0) is 4.79 Å². The Morgan fingerprint density at radius 2 is 1.70 bits per heavy atom. The Labute approximate surface area is 63.8 Å². The van der Waals surface area contributed by atoms with Crippen LogP contribution in [0.5, 0.6) is 0 Å². The summed E-state index contributed by atoms with van der Waals surface area (Å²) in [4.78, 5) is 10.7. The van der Waals surface area contributed by atoms with Crippen molar-refractivity contribution in [3.63, 3.8) is 0 Å². The van der Waals surface area contributed by atoms with Gasteiger partial charge in [0.2, 0.25) is 0 Å². The summed E-state index contributed by atoms with van der Waals surface area (Å²) >= 11 is 0. The quantitative estimate of drug-likeness (QED) is 0.539. The van der Waals surface area contributed by atoms with Gasteiger partial charge in [-0.15, -0.1) is 0 Å². The first kappa shape index (κ1) is 9.67. The molecule has 0 bridgehead atoms. The van der Waals surface area contributed by atoms with E-state index in [0.717, 1.165) is 32.0 Å². The van der Waals surface area contributed by atoms with Crippen LogP contribution in [0.1, 0.15) is 46.5 Å². The Balaban J connectivity index is 4.00. The maximum Gasteiger partial charge on any atom is 0.126 e. The molecule has 1 heteroatoms. The molecule has 0 spiro atoms. The molecule has 0 aliphatic carbocycles. The molecule has 1 nitrogen and oxygen atoms in total. The maximum absolute atomic E-state index is 10.7. The third-order valence-corrected chi connectivity index (χ3v) is 2.41. The summed E-state index contributed by atoms with van der Waals surface area (Å²) in [6, 6.07) is 0. The molecule has 60 valence electrons. The van der Waals surface area contributed by atoms with Crippen molar-refractivity contribution in [2.24, 2.45) is 5.41 Å². The minimum atomic E-state index is -0.00521. The standard InChI is InChI=1S/C9H18O/c1-4-7-9(5-2,6-3)8-10/h8H,4-7H2,1-3H3. The Kier molecular flexibility index (Phi) is 4.33. The monoisotopic (exact) mass is 142 g/mol. The molecule has 0 unspecified atom stereocenters. The maximum atomic E-state index is 10.7. The predicted octanol–water partition coefficient (Wildman–Crippen LogP) is 2.79. The molecule has 0 aromatic carbocycles. The Bertz CT molecular complexity index is 92.9. The third-order valence-electron chi connectivity index (χ3n) is 2.41. The van der Waals surface area contributed by atoms with E-state index >= 15 is 0 Å². The summed E-state index contributed by atoms with van der Waals surface area (Å²) in [6.45, 7) is 6.31. The highest BCUT2D eigenvalue weighted by Gasteiger charge is 2.23. The van der Waals surface area contributed by atoms with Gasteiger partial charge in [0.1, 0.15) is 6.29 Å². The summed E-state index contributed by atoms with van der Waals surface area (Å²) in [7, 11) is 0. The molecule has 0 fully saturated rings. The number of rotatable bonds is 5. The van der Waals surface area contributed by atoms with E-state index in [1.807, 2.05) is 0 Å². The lowest BCUT2D eigenvalue weighted by molar-refractivity contribution is -0.117. The second-order valence-electron chi connectivity index (χ2n) is 2.94. The summed E-state index contributed by atoms with van der Waals surface area (Å²) in [6.07, 6.45) is 5.27. The van der Waals surface area contributed by atoms with Crippen LogP contribution in [0.3, 0.4) is 0 Å². The molecule has 0 saturated heterocycles. The fourth-order valence-corrected chi connectivity index (χ4v) is 1.33. The van der Waals surface area contributed by atoms with Crippen molar-refractivity contribution in [3.05, 3.63) is 0 Å². The number of carbonyl (C=O) groups is 1. The van der Waals surface area contributed by atoms with Crippen molar-refractivity contribution >= 4 is 6.29 Å². The third kappa shape index (κ3) is 2.13. The van der Waals surface area contributed by atoms with Crippen molar-refractivity contribution in [3.8, 4) is 0 Å². The molecule has 0 saturated carbocycles. The lowest BCUT2D eigenvalue weighted by Gasteiger charge is -2.23. The van der Waals surface area contributed by atoms with E-state index in [1.165, 1.54) is 0 Å². The molecule has 0 N–H and O–H groups in total. The number of hydrogen-bond acceptors (Lipinski definition) is 1. The van der Waals surface area contributed by atoms with Crippen LogP contribution in [0, 0.1) is 5.41 Å². The molecule has 0 amide bonds. The van der Waals surface area contributed by atoms with E-state index in [-0.39, 0.29) is 5.41 Å². The SMILES string of the molecule is CCCC(C=O)(CC)CC. The van der Waals surface area contributed by atoms with E-state index < -0.39 is 0 Å². The van der Waals surface area contributed by atoms with E-state index in [9.17, 15) is 4.79 Å². The normalized spacial score (nSPS) is 11.5. The van der Waals surface area contributed by atoms with Crippen molar-refractivity contribution in [1.29, 1.82) is 0 Å². The second-order valence-corrected chi connectivity index (χ2v) is 2.94. The Hall–Kier alpha value is -0.330. The first-order valence-electron chi connectivity index (χ1n) is 4.21. The van der Waals surface area contributed by atoms with Gasteiger partial charge in [-0.05, 0) is 19.3 Å². The van der Waals surface area contributed by atoms with E-state index in [1.54, 1.807) is 0 Å². The average molecular weight is 142 g/mol. The van der Waals surface area contributed by atoms with Crippen LogP contribution in [0.15, 0.2) is 0 Å². The van der Waals surface area contributed by atoms with Gasteiger partial charge in [0.25, 0.3) is 0 Å². The van der Waals surface area contributed by atoms with E-state index in [0.29, 0.717) is 0 Å². The molecular weight excluding hydrogens is 124 g/mol. The number of carbonyl (C=O) groups excluding carboxylic acids is 1. The van der Waals surface area contributed by atoms with Gasteiger partial charge >= 0.3 is 0 Å². The zero-order chi connectivity index (χ0) is 8.04. The minimum Gasteiger partial charge on any atom is -0.303 e. The molecule has 0 atom stereocenters. The molecule has 0 aliphatic rings. The molecule has 10 heavy (non-hydrogen) atoms. The molecular formula is C9H18O. The van der Waals surface area contributed by atoms with Gasteiger partial charge < -0.3 is 4.79 Å². The zero-order valence-corrected chi connectivity index (χ0v) is 7.31. The lowest BCUT2D eigenvalue weighted by atomic mass is 9.80. The van der Waals surface area contributed by atoms with Gasteiger partial charge in [-0.3, -0.25) is 0 Å². The fraction of sp³-hybridized carbons (Fsp3) is 0.889. The van der Waals surface area contributed by atoms with Gasteiger partial charge in [0.15, 0.2) is 0 Å². The molecule has 0 rings (SSSR count). The minimum absolute atomic E-state index is 0.00521. The molecule has 0 aromatic heterocycles. The number of hydrogen-bond donors (Lipinski definition) is 0. The van der Waals surface area contributed by atoms with Crippen LogP contribution >= 0.6 is 0 Å². The summed E-state index contributed by atoms with van der Waals surface area (Å²) < 4.78 is 0. The van der Waals surface area contributed by atoms with E-state index in [2.05, 4.69) is 20.8 Å². The molecule has 0 aromatic rings. The van der Waals surface area contributed by atoms with Gasteiger partial charge in [0, 0.05) is 5.41 Å². The van der Waals surface area contributed by atoms with Gasteiger partial charge in [-0.2, -0.15) is 0 Å². The fourth-order valence-electron chi connectivity index (χ4n) is 1.33. The topological polar surface area (TPSA) is 17.1 Å². The highest BCUT2D eigenvalue weighted by atomic mass is 16.1. The summed E-state index contributed by atoms with van der Waals surface area (Å²) in [5, 5.41) is 0. The molecule has 0 heterocycles. The number of aldehydes is 1. The first-order chi connectivity index (χ1) is 4.74. The smallest absolute Gasteiger partial charge is 0.126 e. The van der Waals surface area contributed by atoms with Crippen LogP contribution in [-0.4, -0.2) is 6.29 Å². The molecule has 0 aliphatic heterocycles. The Morgan fingerprint density at radius 1 is 1.20 bits per heavy atom. The zero-order valence-electron chi connectivity index (χ0n) is 7.31. The Morgan fingerprint density at radius 3 is 1.80 bits per heavy atom. The van der Waals surface area contributed by atoms with Crippen LogP contribution in [0.25, 0.3) is 0 Å². The van der Waals surface area contributed by atoms with Crippen LogP contribution in [0.4, 0.5) is 0 Å². The second kappa shape index (κ2) is 4.48. The lowest BCUT2D eigenvalue weighted by Crippen LogP contribution is -2.19. The van der Waals surface area contributed by atoms with Crippen molar-refractivity contribution in [2.75, 3.05) is 0 Å². The molecule has 0 radical (unpaired) electrons. The van der Waals surface area contributed by atoms with Crippen molar-refractivity contribution in [1.82, 2.24) is 0 Å². The van der Waals surface area contributed by atoms with Crippen molar-refractivity contribution in [2.45, 2.75) is 46.5 Å². The van der Waals surface area contributed by atoms with Gasteiger partial charge in [0.05, 0.1) is 0 Å². The largest absolute Gasteiger partial charge is 0.303 e. The first-order valence-corrected chi connectivity index (χ1v) is 4.21. The van der Waals surface area contributed by atoms with E-state index in [4.69, 9.17) is 0 Å². The van der Waals surface area contributed by atoms with Gasteiger partial charge in [-0.1, -0.05) is 27.2 Å². The van der Waals surface area contributed by atoms with Gasteiger partial charge in [-0.25, -0.2) is 0 Å². The van der Waals surface area contributed by atoms with Crippen molar-refractivity contribution < 1.29 is 4.79 Å². The van der Waals surface area contributed by atoms with Crippen LogP contribution in [0.2, 0.25) is 0 Å². The summed E-state index contributed by atoms with van der Waals surface area (Å²) in [5.41, 5.74) is -0.00521. The summed E-state index contributed by atoms with van der Waals surface area (Å²) in [5.74, 6) is 0.